The standard InChI is InChI=1S/C16H21NO2/c1-9(2)13-6-12(16(18)19)7-14-11(5)8-17(10(3)4)15(13)14/h6-10H,1-5H3,(H,18,19). The van der Waals surface area contributed by atoms with Crippen LogP contribution in [-0.4, -0.2) is 15.6 Å². The Hall–Kier alpha value is -1.77. The Morgan fingerprint density at radius 1 is 1.21 bits per heavy atom. The summed E-state index contributed by atoms with van der Waals surface area (Å²) in [7, 11) is 0. The van der Waals surface area contributed by atoms with Crippen molar-refractivity contribution in [3.05, 3.63) is 35.0 Å². The number of aromatic carboxylic acids is 1. The highest BCUT2D eigenvalue weighted by atomic mass is 16.4. The molecule has 0 radical (unpaired) electrons. The average Bonchev–Trinajstić information content (AvgIpc) is 2.66. The third kappa shape index (κ3) is 2.25. The lowest BCUT2D eigenvalue weighted by Crippen LogP contribution is -2.04. The maximum atomic E-state index is 11.3. The van der Waals surface area contributed by atoms with Crippen molar-refractivity contribution < 1.29 is 9.90 Å². The van der Waals surface area contributed by atoms with E-state index in [1.165, 1.54) is 5.52 Å². The van der Waals surface area contributed by atoms with E-state index in [4.69, 9.17) is 0 Å². The van der Waals surface area contributed by atoms with Crippen LogP contribution >= 0.6 is 0 Å². The van der Waals surface area contributed by atoms with Gasteiger partial charge < -0.3 is 9.67 Å². The fraction of sp³-hybridized carbons (Fsp3) is 0.438. The Morgan fingerprint density at radius 3 is 2.32 bits per heavy atom. The van der Waals surface area contributed by atoms with Gasteiger partial charge in [-0.2, -0.15) is 0 Å². The quantitative estimate of drug-likeness (QED) is 0.890. The minimum absolute atomic E-state index is 0.300. The van der Waals surface area contributed by atoms with Gasteiger partial charge in [-0.05, 0) is 49.9 Å². The zero-order valence-corrected chi connectivity index (χ0v) is 12.2. The fourth-order valence-corrected chi connectivity index (χ4v) is 2.56. The van der Waals surface area contributed by atoms with E-state index in [1.807, 2.05) is 13.0 Å². The molecule has 1 aromatic carbocycles. The fourth-order valence-electron chi connectivity index (χ4n) is 2.56. The minimum atomic E-state index is -0.861. The van der Waals surface area contributed by atoms with Crippen molar-refractivity contribution >= 4 is 16.9 Å². The van der Waals surface area contributed by atoms with Crippen molar-refractivity contribution in [3.8, 4) is 0 Å². The van der Waals surface area contributed by atoms with Gasteiger partial charge in [0.2, 0.25) is 0 Å². The highest BCUT2D eigenvalue weighted by Gasteiger charge is 2.17. The summed E-state index contributed by atoms with van der Waals surface area (Å²) in [5, 5.41) is 10.3. The second-order valence-electron chi connectivity index (χ2n) is 5.73. The Bertz CT molecular complexity index is 636. The number of fused-ring (bicyclic) bond motifs is 1. The summed E-state index contributed by atoms with van der Waals surface area (Å²) in [5.74, 6) is -0.561. The van der Waals surface area contributed by atoms with Gasteiger partial charge in [-0.25, -0.2) is 4.79 Å². The summed E-state index contributed by atoms with van der Waals surface area (Å²) in [6, 6.07) is 3.97. The maximum absolute atomic E-state index is 11.3. The van der Waals surface area contributed by atoms with Gasteiger partial charge in [0.15, 0.2) is 0 Å². The van der Waals surface area contributed by atoms with Crippen LogP contribution in [0.1, 0.15) is 61.1 Å². The van der Waals surface area contributed by atoms with Crippen LogP contribution in [0.5, 0.6) is 0 Å². The van der Waals surface area contributed by atoms with Crippen LogP contribution in [0.15, 0.2) is 18.3 Å². The minimum Gasteiger partial charge on any atom is -0.478 e. The van der Waals surface area contributed by atoms with Crippen molar-refractivity contribution in [1.82, 2.24) is 4.57 Å². The largest absolute Gasteiger partial charge is 0.478 e. The van der Waals surface area contributed by atoms with Crippen LogP contribution in [0.4, 0.5) is 0 Å². The normalized spacial score (nSPS) is 11.7. The molecule has 0 saturated heterocycles. The molecule has 0 aliphatic carbocycles. The average molecular weight is 259 g/mol. The van der Waals surface area contributed by atoms with Crippen LogP contribution < -0.4 is 0 Å². The molecule has 0 amide bonds. The molecule has 0 atom stereocenters. The van der Waals surface area contributed by atoms with E-state index in [9.17, 15) is 9.90 Å². The van der Waals surface area contributed by atoms with Crippen molar-refractivity contribution in [2.24, 2.45) is 0 Å². The van der Waals surface area contributed by atoms with Gasteiger partial charge in [-0.3, -0.25) is 0 Å². The second kappa shape index (κ2) is 4.72. The molecule has 3 heteroatoms. The molecule has 0 fully saturated rings. The summed E-state index contributed by atoms with van der Waals surface area (Å²) in [5.41, 5.74) is 3.79. The SMILES string of the molecule is Cc1cn(C(C)C)c2c(C(C)C)cc(C(=O)O)cc12. The molecule has 0 unspecified atom stereocenters. The molecule has 0 spiro atoms. The zero-order chi connectivity index (χ0) is 14.3. The van der Waals surface area contributed by atoms with Crippen LogP contribution in [0.25, 0.3) is 10.9 Å². The number of hydrogen-bond donors (Lipinski definition) is 1. The number of carboxylic acid groups (broad SMARTS) is 1. The van der Waals surface area contributed by atoms with E-state index >= 15 is 0 Å². The summed E-state index contributed by atoms with van der Waals surface area (Å²) in [6.07, 6.45) is 2.12. The summed E-state index contributed by atoms with van der Waals surface area (Å²) in [4.78, 5) is 11.3. The van der Waals surface area contributed by atoms with Gasteiger partial charge in [0.25, 0.3) is 0 Å². The first-order valence-electron chi connectivity index (χ1n) is 6.71. The highest BCUT2D eigenvalue weighted by Crippen LogP contribution is 2.32. The van der Waals surface area contributed by atoms with Crippen molar-refractivity contribution in [3.63, 3.8) is 0 Å². The molecule has 1 aromatic heterocycles. The summed E-state index contributed by atoms with van der Waals surface area (Å²) < 4.78 is 2.24. The summed E-state index contributed by atoms with van der Waals surface area (Å²) >= 11 is 0. The predicted molar refractivity (Wildman–Crippen MR) is 78.1 cm³/mol. The molecule has 0 bridgehead atoms. The molecule has 1 heterocycles. The third-order valence-electron chi connectivity index (χ3n) is 3.58. The predicted octanol–water partition coefficient (Wildman–Crippen LogP) is 4.35. The Kier molecular flexibility index (Phi) is 3.40. The molecule has 0 aliphatic rings. The van der Waals surface area contributed by atoms with E-state index in [2.05, 4.69) is 38.5 Å². The van der Waals surface area contributed by atoms with Crippen molar-refractivity contribution in [2.75, 3.05) is 0 Å². The van der Waals surface area contributed by atoms with Gasteiger partial charge in [0, 0.05) is 17.6 Å². The molecule has 1 N–H and O–H groups in total. The van der Waals surface area contributed by atoms with Crippen LogP contribution in [-0.2, 0) is 0 Å². The number of benzene rings is 1. The number of hydrogen-bond acceptors (Lipinski definition) is 1. The lowest BCUT2D eigenvalue weighted by atomic mass is 9.96. The summed E-state index contributed by atoms with van der Waals surface area (Å²) in [6.45, 7) is 10.5. The van der Waals surface area contributed by atoms with Crippen LogP contribution in [0.3, 0.4) is 0 Å². The lowest BCUT2D eigenvalue weighted by molar-refractivity contribution is 0.0697. The van der Waals surface area contributed by atoms with Gasteiger partial charge in [-0.15, -0.1) is 0 Å². The maximum Gasteiger partial charge on any atom is 0.335 e. The molecule has 2 rings (SSSR count). The smallest absolute Gasteiger partial charge is 0.335 e. The number of carbonyl (C=O) groups is 1. The molecule has 2 aromatic rings. The van der Waals surface area contributed by atoms with E-state index in [1.54, 1.807) is 6.07 Å². The number of nitrogens with zero attached hydrogens (tertiary/aromatic N) is 1. The van der Waals surface area contributed by atoms with Gasteiger partial charge in [0.1, 0.15) is 0 Å². The highest BCUT2D eigenvalue weighted by molar-refractivity contribution is 5.96. The first-order valence-corrected chi connectivity index (χ1v) is 6.71. The topological polar surface area (TPSA) is 42.2 Å². The second-order valence-corrected chi connectivity index (χ2v) is 5.73. The molecule has 19 heavy (non-hydrogen) atoms. The molecule has 3 nitrogen and oxygen atoms in total. The van der Waals surface area contributed by atoms with E-state index in [0.29, 0.717) is 17.5 Å². The lowest BCUT2D eigenvalue weighted by Gasteiger charge is -2.15. The zero-order valence-electron chi connectivity index (χ0n) is 12.2. The van der Waals surface area contributed by atoms with E-state index < -0.39 is 5.97 Å². The molecular weight excluding hydrogens is 238 g/mol. The first kappa shape index (κ1) is 13.7. The molecular formula is C16H21NO2. The van der Waals surface area contributed by atoms with Gasteiger partial charge >= 0.3 is 5.97 Å². The molecule has 0 aliphatic heterocycles. The number of rotatable bonds is 3. The van der Waals surface area contributed by atoms with E-state index in [-0.39, 0.29) is 0 Å². The van der Waals surface area contributed by atoms with Crippen molar-refractivity contribution in [2.45, 2.75) is 46.6 Å². The number of aryl methyl sites for hydroxylation is 1. The van der Waals surface area contributed by atoms with Crippen LogP contribution in [0, 0.1) is 6.92 Å². The third-order valence-corrected chi connectivity index (χ3v) is 3.58. The molecule has 102 valence electrons. The Morgan fingerprint density at radius 2 is 1.84 bits per heavy atom. The van der Waals surface area contributed by atoms with Gasteiger partial charge in [0.05, 0.1) is 11.1 Å². The Labute approximate surface area is 113 Å². The van der Waals surface area contributed by atoms with Gasteiger partial charge in [-0.1, -0.05) is 13.8 Å². The first-order chi connectivity index (χ1) is 8.82. The van der Waals surface area contributed by atoms with Crippen molar-refractivity contribution in [1.29, 1.82) is 0 Å². The van der Waals surface area contributed by atoms with Crippen LogP contribution in [0.2, 0.25) is 0 Å². The van der Waals surface area contributed by atoms with E-state index in [0.717, 1.165) is 16.5 Å². The Balaban J connectivity index is 2.89. The molecule has 0 saturated carbocycles. The monoisotopic (exact) mass is 259 g/mol. The number of carboxylic acids is 1. The number of aromatic nitrogens is 1.